The van der Waals surface area contributed by atoms with Crippen molar-refractivity contribution in [2.24, 2.45) is 0 Å². The molecule has 4 heteroatoms. The second kappa shape index (κ2) is 6.09. The maximum absolute atomic E-state index is 12.4. The van der Waals surface area contributed by atoms with Crippen LogP contribution in [0.4, 0.5) is 0 Å². The van der Waals surface area contributed by atoms with Crippen LogP contribution in [-0.4, -0.2) is 23.0 Å². The molecule has 0 heterocycles. The summed E-state index contributed by atoms with van der Waals surface area (Å²) >= 11 is 3.37. The molecule has 0 bridgehead atoms. The Bertz CT molecular complexity index is 610. The third-order valence-electron chi connectivity index (χ3n) is 3.35. The number of rotatable bonds is 3. The van der Waals surface area contributed by atoms with Crippen molar-refractivity contribution < 1.29 is 9.90 Å². The van der Waals surface area contributed by atoms with Gasteiger partial charge >= 0.3 is 0 Å². The Balaban J connectivity index is 2.20. The zero-order valence-electron chi connectivity index (χ0n) is 11.4. The number of aromatic hydroxyl groups is 1. The molecule has 0 saturated heterocycles. The van der Waals surface area contributed by atoms with Crippen LogP contribution < -0.4 is 0 Å². The van der Waals surface area contributed by atoms with Crippen LogP contribution >= 0.6 is 15.9 Å². The van der Waals surface area contributed by atoms with E-state index in [1.165, 1.54) is 0 Å². The molecule has 0 spiro atoms. The molecule has 0 aromatic heterocycles. The van der Waals surface area contributed by atoms with Crippen molar-refractivity contribution in [1.29, 1.82) is 0 Å². The van der Waals surface area contributed by atoms with Gasteiger partial charge in [0.25, 0.3) is 5.91 Å². The standard InChI is InChI=1S/C16H16BrNO2/c1-11(12-6-8-15(19)9-7-12)18(2)16(20)13-4-3-5-14(17)10-13/h3-11,19H,1-2H3. The van der Waals surface area contributed by atoms with Gasteiger partial charge in [0.15, 0.2) is 0 Å². The first-order chi connectivity index (χ1) is 9.49. The fourth-order valence-corrected chi connectivity index (χ4v) is 2.38. The predicted molar refractivity (Wildman–Crippen MR) is 82.8 cm³/mol. The van der Waals surface area contributed by atoms with Crippen LogP contribution in [0.5, 0.6) is 5.75 Å². The van der Waals surface area contributed by atoms with Gasteiger partial charge in [0, 0.05) is 17.1 Å². The molecular weight excluding hydrogens is 318 g/mol. The highest BCUT2D eigenvalue weighted by molar-refractivity contribution is 9.10. The van der Waals surface area contributed by atoms with Crippen molar-refractivity contribution in [3.8, 4) is 5.75 Å². The minimum atomic E-state index is -0.0675. The Hall–Kier alpha value is -1.81. The molecule has 2 aromatic rings. The average molecular weight is 334 g/mol. The van der Waals surface area contributed by atoms with E-state index in [0.29, 0.717) is 5.56 Å². The summed E-state index contributed by atoms with van der Waals surface area (Å²) in [6.07, 6.45) is 0. The quantitative estimate of drug-likeness (QED) is 0.922. The summed E-state index contributed by atoms with van der Waals surface area (Å²) in [6, 6.07) is 14.2. The fourth-order valence-electron chi connectivity index (χ4n) is 1.98. The van der Waals surface area contributed by atoms with E-state index in [1.54, 1.807) is 30.1 Å². The van der Waals surface area contributed by atoms with E-state index >= 15 is 0 Å². The molecule has 1 N–H and O–H groups in total. The molecule has 1 amide bonds. The second-order valence-electron chi connectivity index (χ2n) is 4.69. The number of hydrogen-bond acceptors (Lipinski definition) is 2. The molecule has 0 aliphatic heterocycles. The first-order valence-electron chi connectivity index (χ1n) is 6.30. The van der Waals surface area contributed by atoms with E-state index in [2.05, 4.69) is 15.9 Å². The van der Waals surface area contributed by atoms with E-state index in [4.69, 9.17) is 0 Å². The third-order valence-corrected chi connectivity index (χ3v) is 3.84. The van der Waals surface area contributed by atoms with Crippen LogP contribution in [0.1, 0.15) is 28.9 Å². The molecule has 3 nitrogen and oxygen atoms in total. The average Bonchev–Trinajstić information content (AvgIpc) is 2.46. The highest BCUT2D eigenvalue weighted by Crippen LogP contribution is 2.23. The van der Waals surface area contributed by atoms with Crippen molar-refractivity contribution in [3.63, 3.8) is 0 Å². The number of phenolic OH excluding ortho intramolecular Hbond substituents is 1. The van der Waals surface area contributed by atoms with E-state index in [-0.39, 0.29) is 17.7 Å². The zero-order valence-corrected chi connectivity index (χ0v) is 13.0. The smallest absolute Gasteiger partial charge is 0.254 e. The lowest BCUT2D eigenvalue weighted by Gasteiger charge is -2.25. The van der Waals surface area contributed by atoms with Crippen molar-refractivity contribution in [2.45, 2.75) is 13.0 Å². The van der Waals surface area contributed by atoms with Gasteiger partial charge in [-0.2, -0.15) is 0 Å². The van der Waals surface area contributed by atoms with Gasteiger partial charge in [0.05, 0.1) is 6.04 Å². The van der Waals surface area contributed by atoms with E-state index < -0.39 is 0 Å². The molecule has 104 valence electrons. The molecule has 1 unspecified atom stereocenters. The summed E-state index contributed by atoms with van der Waals surface area (Å²) in [5.41, 5.74) is 1.63. The number of amides is 1. The molecule has 0 radical (unpaired) electrons. The minimum absolute atomic E-state index is 0.0353. The number of hydrogen-bond donors (Lipinski definition) is 1. The van der Waals surface area contributed by atoms with E-state index in [1.807, 2.05) is 37.3 Å². The van der Waals surface area contributed by atoms with Gasteiger partial charge < -0.3 is 10.0 Å². The highest BCUT2D eigenvalue weighted by atomic mass is 79.9. The molecule has 1 atom stereocenters. The Labute approximate surface area is 127 Å². The van der Waals surface area contributed by atoms with Gasteiger partial charge in [-0.05, 0) is 42.8 Å². The molecule has 0 aliphatic rings. The van der Waals surface area contributed by atoms with Gasteiger partial charge in [-0.1, -0.05) is 34.1 Å². The topological polar surface area (TPSA) is 40.5 Å². The van der Waals surface area contributed by atoms with E-state index in [9.17, 15) is 9.90 Å². The first kappa shape index (κ1) is 14.6. The summed E-state index contributed by atoms with van der Waals surface area (Å²) in [7, 11) is 1.78. The maximum Gasteiger partial charge on any atom is 0.254 e. The number of halogens is 1. The third kappa shape index (κ3) is 3.20. The van der Waals surface area contributed by atoms with Gasteiger partial charge in [0.2, 0.25) is 0 Å². The summed E-state index contributed by atoms with van der Waals surface area (Å²) in [5, 5.41) is 9.31. The van der Waals surface area contributed by atoms with Gasteiger partial charge in [-0.3, -0.25) is 4.79 Å². The van der Waals surface area contributed by atoms with Gasteiger partial charge in [0.1, 0.15) is 5.75 Å². The van der Waals surface area contributed by atoms with Crippen LogP contribution in [0.25, 0.3) is 0 Å². The normalized spacial score (nSPS) is 11.9. The maximum atomic E-state index is 12.4. The van der Waals surface area contributed by atoms with Crippen molar-refractivity contribution in [2.75, 3.05) is 7.05 Å². The monoisotopic (exact) mass is 333 g/mol. The van der Waals surface area contributed by atoms with Crippen molar-refractivity contribution in [3.05, 3.63) is 64.1 Å². The Kier molecular flexibility index (Phi) is 4.45. The van der Waals surface area contributed by atoms with E-state index in [0.717, 1.165) is 10.0 Å². The van der Waals surface area contributed by atoms with Crippen LogP contribution in [-0.2, 0) is 0 Å². The SMILES string of the molecule is CC(c1ccc(O)cc1)N(C)C(=O)c1cccc(Br)c1. The zero-order chi connectivity index (χ0) is 14.7. The molecule has 0 saturated carbocycles. The number of carbonyl (C=O) groups is 1. The van der Waals surface area contributed by atoms with Crippen LogP contribution in [0.2, 0.25) is 0 Å². The summed E-state index contributed by atoms with van der Waals surface area (Å²) in [5.74, 6) is 0.189. The Morgan fingerprint density at radius 1 is 1.20 bits per heavy atom. The fraction of sp³-hybridized carbons (Fsp3) is 0.188. The number of benzene rings is 2. The summed E-state index contributed by atoms with van der Waals surface area (Å²) in [6.45, 7) is 1.96. The van der Waals surface area contributed by atoms with Gasteiger partial charge in [-0.15, -0.1) is 0 Å². The van der Waals surface area contributed by atoms with Crippen molar-refractivity contribution in [1.82, 2.24) is 4.90 Å². The second-order valence-corrected chi connectivity index (χ2v) is 5.61. The molecule has 20 heavy (non-hydrogen) atoms. The minimum Gasteiger partial charge on any atom is -0.508 e. The molecule has 2 aromatic carbocycles. The Morgan fingerprint density at radius 2 is 1.85 bits per heavy atom. The first-order valence-corrected chi connectivity index (χ1v) is 7.10. The lowest BCUT2D eigenvalue weighted by atomic mass is 10.1. The number of nitrogens with zero attached hydrogens (tertiary/aromatic N) is 1. The molecule has 0 fully saturated rings. The predicted octanol–water partition coefficient (Wildman–Crippen LogP) is 3.99. The van der Waals surface area contributed by atoms with Crippen LogP contribution in [0.15, 0.2) is 53.0 Å². The lowest BCUT2D eigenvalue weighted by Crippen LogP contribution is -2.29. The van der Waals surface area contributed by atoms with Crippen molar-refractivity contribution >= 4 is 21.8 Å². The Morgan fingerprint density at radius 3 is 2.45 bits per heavy atom. The summed E-state index contributed by atoms with van der Waals surface area (Å²) < 4.78 is 0.883. The largest absolute Gasteiger partial charge is 0.508 e. The van der Waals surface area contributed by atoms with Crippen LogP contribution in [0, 0.1) is 0 Å². The summed E-state index contributed by atoms with van der Waals surface area (Å²) in [4.78, 5) is 14.1. The lowest BCUT2D eigenvalue weighted by molar-refractivity contribution is 0.0742. The van der Waals surface area contributed by atoms with Gasteiger partial charge in [-0.25, -0.2) is 0 Å². The number of phenols is 1. The molecular formula is C16H16BrNO2. The molecule has 2 rings (SSSR count). The number of carbonyl (C=O) groups excluding carboxylic acids is 1. The van der Waals surface area contributed by atoms with Crippen LogP contribution in [0.3, 0.4) is 0 Å². The highest BCUT2D eigenvalue weighted by Gasteiger charge is 2.18. The molecule has 0 aliphatic carbocycles.